The van der Waals surface area contributed by atoms with Crippen molar-refractivity contribution in [1.82, 2.24) is 0 Å². The van der Waals surface area contributed by atoms with Gasteiger partial charge in [0.1, 0.15) is 0 Å². The molecule has 0 aliphatic carbocycles. The Kier molecular flexibility index (Phi) is 1.90. The molecule has 0 heterocycles. The Morgan fingerprint density at radius 3 is 0.800 bits per heavy atom. The minimum atomic E-state index is -1.02. The zero-order valence-electron chi connectivity index (χ0n) is 4.41. The quantitative estimate of drug-likeness (QED) is 0.310. The van der Waals surface area contributed by atoms with Crippen LogP contribution < -0.4 is 0 Å². The van der Waals surface area contributed by atoms with E-state index >= 15 is 0 Å². The minimum absolute atomic E-state index is 1.02. The standard InChI is InChI=1S/4BH2.Mo/h4*1H2;/q4*+1;-4. The molecular formula is H8B4Mo. The molecule has 0 fully saturated rings. The van der Waals surface area contributed by atoms with Crippen LogP contribution >= 0.6 is 0 Å². The van der Waals surface area contributed by atoms with Crippen molar-refractivity contribution in [3.8, 4) is 0 Å². The van der Waals surface area contributed by atoms with Gasteiger partial charge in [0, 0.05) is 0 Å². The summed E-state index contributed by atoms with van der Waals surface area (Å²) in [6.07, 6.45) is 9.51. The molecule has 0 unspecified atom stereocenters. The molecule has 0 rings (SSSR count). The summed E-state index contributed by atoms with van der Waals surface area (Å²) in [6.45, 7) is 0. The van der Waals surface area contributed by atoms with Crippen LogP contribution in [0.3, 0.4) is 0 Å². The summed E-state index contributed by atoms with van der Waals surface area (Å²) < 4.78 is 0. The molecule has 0 radical (unpaired) electrons. The number of hydrogen-bond acceptors (Lipinski definition) is 0. The average molecular weight is 147 g/mol. The Labute approximate surface area is 40.0 Å². The zero-order valence-corrected chi connectivity index (χ0v) is 6.42. The third-order valence-corrected chi connectivity index (χ3v) is 0. The molecule has 0 aromatic carbocycles. The van der Waals surface area contributed by atoms with Crippen LogP contribution in [0.15, 0.2) is 0 Å². The molecule has 5 heavy (non-hydrogen) atoms. The van der Waals surface area contributed by atoms with Crippen LogP contribution in [-0.4, -0.2) is 24.5 Å². The van der Waals surface area contributed by atoms with E-state index in [1.54, 1.807) is 0 Å². The Morgan fingerprint density at radius 1 is 0.800 bits per heavy atom. The topological polar surface area (TPSA) is 0 Å². The number of hydrogen-bond donors (Lipinski definition) is 0. The molecule has 5 heteroatoms. The second-order valence-corrected chi connectivity index (χ2v) is 14.5. The van der Waals surface area contributed by atoms with E-state index in [2.05, 4.69) is 24.5 Å². The van der Waals surface area contributed by atoms with Gasteiger partial charge in [0.25, 0.3) is 0 Å². The fourth-order valence-corrected chi connectivity index (χ4v) is 0. The molecule has 0 aliphatic rings. The van der Waals surface area contributed by atoms with Gasteiger partial charge in [-0.05, 0) is 0 Å². The molecule has 0 bridgehead atoms. The van der Waals surface area contributed by atoms with Crippen molar-refractivity contribution in [1.29, 1.82) is 0 Å². The van der Waals surface area contributed by atoms with Gasteiger partial charge in [-0.3, -0.25) is 0 Å². The summed E-state index contributed by atoms with van der Waals surface area (Å²) in [5.41, 5.74) is 0. The van der Waals surface area contributed by atoms with Gasteiger partial charge in [-0.15, -0.1) is 0 Å². The Hall–Kier alpha value is 0.948. The fraction of sp³-hybridized carbons (Fsp3) is 0. The Morgan fingerprint density at radius 2 is 0.800 bits per heavy atom. The van der Waals surface area contributed by atoms with E-state index in [1.807, 2.05) is 0 Å². The summed E-state index contributed by atoms with van der Waals surface area (Å²) in [6, 6.07) is 0. The summed E-state index contributed by atoms with van der Waals surface area (Å²) in [5.74, 6) is 0. The monoisotopic (exact) mass is 150 g/mol. The van der Waals surface area contributed by atoms with E-state index < -0.39 is 15.3 Å². The normalized spacial score (nSPS) is 14.4. The molecule has 0 saturated heterocycles. The summed E-state index contributed by atoms with van der Waals surface area (Å²) in [7, 11) is 0. The molecule has 0 N–H and O–H groups in total. The van der Waals surface area contributed by atoms with E-state index in [0.29, 0.717) is 0 Å². The van der Waals surface area contributed by atoms with Crippen molar-refractivity contribution < 1.29 is 15.3 Å². The van der Waals surface area contributed by atoms with Gasteiger partial charge in [0.2, 0.25) is 0 Å². The van der Waals surface area contributed by atoms with Crippen molar-refractivity contribution in [2.24, 2.45) is 0 Å². The summed E-state index contributed by atoms with van der Waals surface area (Å²) in [5, 5.41) is 0. The molecule has 0 nitrogen and oxygen atoms in total. The molecule has 0 atom stereocenters. The molecular weight excluding hydrogens is 139 g/mol. The van der Waals surface area contributed by atoms with Crippen molar-refractivity contribution in [2.75, 3.05) is 0 Å². The maximum atomic E-state index is 2.38. The van der Waals surface area contributed by atoms with Crippen LogP contribution in [0.2, 0.25) is 0 Å². The number of rotatable bonds is 0. The first kappa shape index (κ1) is 5.95. The molecule has 0 aliphatic heterocycles. The van der Waals surface area contributed by atoms with Crippen LogP contribution in [0.1, 0.15) is 0 Å². The predicted molar refractivity (Wildman–Crippen MR) is 34.2 cm³/mol. The van der Waals surface area contributed by atoms with E-state index in [9.17, 15) is 0 Å². The van der Waals surface area contributed by atoms with E-state index in [-0.39, 0.29) is 0 Å². The fourth-order valence-electron chi connectivity index (χ4n) is 0. The van der Waals surface area contributed by atoms with Gasteiger partial charge in [-0.1, -0.05) is 0 Å². The van der Waals surface area contributed by atoms with Gasteiger partial charge < -0.3 is 0 Å². The molecule has 0 saturated carbocycles. The summed E-state index contributed by atoms with van der Waals surface area (Å²) >= 11 is -1.02. The average Bonchev–Trinajstić information content (AvgIpc) is 0.722. The third-order valence-electron chi connectivity index (χ3n) is 0. The van der Waals surface area contributed by atoms with E-state index in [0.717, 1.165) is 0 Å². The predicted octanol–water partition coefficient (Wildman–Crippen LogP) is -3.67. The second-order valence-electron chi connectivity index (χ2n) is 2.45. The SMILES string of the molecule is [BH2][Mo]([BH2])([BH2])[BH2]. The second kappa shape index (κ2) is 1.60. The van der Waals surface area contributed by atoms with Crippen LogP contribution in [0.25, 0.3) is 0 Å². The zero-order chi connectivity index (χ0) is 4.50. The van der Waals surface area contributed by atoms with Crippen molar-refractivity contribution in [2.45, 2.75) is 0 Å². The first-order valence-corrected chi connectivity index (χ1v) is 9.66. The molecule has 26 valence electrons. The maximum absolute atomic E-state index is 2.38. The van der Waals surface area contributed by atoms with Crippen LogP contribution in [-0.2, 0) is 15.3 Å². The van der Waals surface area contributed by atoms with Crippen LogP contribution in [0.4, 0.5) is 0 Å². The first-order valence-electron chi connectivity index (χ1n) is 1.63. The summed E-state index contributed by atoms with van der Waals surface area (Å²) in [4.78, 5) is 0. The molecule has 0 aromatic rings. The van der Waals surface area contributed by atoms with Crippen molar-refractivity contribution in [3.05, 3.63) is 0 Å². The van der Waals surface area contributed by atoms with E-state index in [4.69, 9.17) is 0 Å². The Bertz CT molecular complexity index is 19.1. The van der Waals surface area contributed by atoms with Gasteiger partial charge in [0.15, 0.2) is 0 Å². The Balaban J connectivity index is 3.02. The first-order chi connectivity index (χ1) is 2.00. The molecule has 0 amide bonds. The molecule has 0 aromatic heterocycles. The van der Waals surface area contributed by atoms with Crippen LogP contribution in [0, 0.1) is 0 Å². The van der Waals surface area contributed by atoms with Crippen molar-refractivity contribution in [3.63, 3.8) is 0 Å². The van der Waals surface area contributed by atoms with Crippen molar-refractivity contribution >= 4 is 24.5 Å². The van der Waals surface area contributed by atoms with E-state index in [1.165, 1.54) is 0 Å². The van der Waals surface area contributed by atoms with Gasteiger partial charge >= 0.3 is 39.7 Å². The molecule has 0 spiro atoms. The van der Waals surface area contributed by atoms with Crippen LogP contribution in [0.5, 0.6) is 0 Å². The van der Waals surface area contributed by atoms with Gasteiger partial charge in [-0.2, -0.15) is 0 Å². The third kappa shape index (κ3) is 47.8. The van der Waals surface area contributed by atoms with Gasteiger partial charge in [-0.25, -0.2) is 0 Å². The van der Waals surface area contributed by atoms with Gasteiger partial charge in [0.05, 0.1) is 0 Å².